The van der Waals surface area contributed by atoms with Gasteiger partial charge in [-0.3, -0.25) is 0 Å². The van der Waals surface area contributed by atoms with Crippen LogP contribution in [0.25, 0.3) is 60.5 Å². The van der Waals surface area contributed by atoms with E-state index in [1.807, 2.05) is 0 Å². The highest BCUT2D eigenvalue weighted by atomic mass is 16.5. The molecular weight excluding hydrogens is 789 g/mol. The zero-order chi connectivity index (χ0) is 43.0. The van der Waals surface area contributed by atoms with E-state index in [9.17, 15) is 0 Å². The van der Waals surface area contributed by atoms with Crippen molar-refractivity contribution < 1.29 is 4.74 Å². The number of fused-ring (bicyclic) bond motifs is 14. The van der Waals surface area contributed by atoms with Gasteiger partial charge in [-0.25, -0.2) is 0 Å². The van der Waals surface area contributed by atoms with Crippen molar-refractivity contribution in [3.63, 3.8) is 0 Å². The maximum atomic E-state index is 7.10. The molecule has 0 fully saturated rings. The van der Waals surface area contributed by atoms with E-state index in [-0.39, 0.29) is 5.41 Å². The first-order valence-electron chi connectivity index (χ1n) is 22.7. The summed E-state index contributed by atoms with van der Waals surface area (Å²) in [6.07, 6.45) is 0. The lowest BCUT2D eigenvalue weighted by Crippen LogP contribution is -2.36. The normalized spacial score (nSPS) is 15.8. The Morgan fingerprint density at radius 3 is 1.86 bits per heavy atom. The monoisotopic (exact) mass is 830 g/mol. The van der Waals surface area contributed by atoms with Crippen LogP contribution in [0, 0.1) is 0 Å². The molecule has 11 aromatic rings. The average Bonchev–Trinajstić information content (AvgIpc) is 3.80. The summed E-state index contributed by atoms with van der Waals surface area (Å²) >= 11 is 0. The van der Waals surface area contributed by atoms with Crippen LogP contribution < -0.4 is 9.64 Å². The number of anilines is 3. The first-order chi connectivity index (χ1) is 32.0. The van der Waals surface area contributed by atoms with Gasteiger partial charge in [0, 0.05) is 56.1 Å². The fourth-order valence-corrected chi connectivity index (χ4v) is 12.1. The molecule has 1 atom stereocenters. The van der Waals surface area contributed by atoms with E-state index in [4.69, 9.17) is 4.74 Å². The summed E-state index contributed by atoms with van der Waals surface area (Å²) in [7, 11) is 0. The molecule has 0 saturated heterocycles. The second-order valence-electron chi connectivity index (χ2n) is 18.4. The van der Waals surface area contributed by atoms with Crippen LogP contribution in [0.2, 0.25) is 0 Å². The highest BCUT2D eigenvalue weighted by Gasteiger charge is 2.49. The van der Waals surface area contributed by atoms with Crippen molar-refractivity contribution in [2.45, 2.75) is 24.7 Å². The molecule has 1 aromatic heterocycles. The lowest BCUT2D eigenvalue weighted by atomic mass is 9.58. The summed E-state index contributed by atoms with van der Waals surface area (Å²) in [6.45, 7) is 4.72. The third kappa shape index (κ3) is 4.85. The predicted octanol–water partition coefficient (Wildman–Crippen LogP) is 16.2. The van der Waals surface area contributed by atoms with Crippen LogP contribution in [0.1, 0.15) is 47.2 Å². The van der Waals surface area contributed by atoms with Gasteiger partial charge in [0.25, 0.3) is 0 Å². The van der Waals surface area contributed by atoms with Gasteiger partial charge in [-0.05, 0) is 110 Å². The highest BCUT2D eigenvalue weighted by Crippen LogP contribution is 2.62. The van der Waals surface area contributed by atoms with Crippen molar-refractivity contribution in [1.82, 2.24) is 4.57 Å². The van der Waals surface area contributed by atoms with Gasteiger partial charge < -0.3 is 14.2 Å². The summed E-state index contributed by atoms with van der Waals surface area (Å²) in [6, 6.07) is 80.5. The Hall–Kier alpha value is -8.14. The molecule has 3 heteroatoms. The molecule has 0 radical (unpaired) electrons. The number of para-hydroxylation sites is 3. The van der Waals surface area contributed by atoms with E-state index in [1.165, 1.54) is 71.6 Å². The molecule has 3 nitrogen and oxygen atoms in total. The molecule has 0 saturated carbocycles. The van der Waals surface area contributed by atoms with Crippen LogP contribution >= 0.6 is 0 Å². The molecule has 0 unspecified atom stereocenters. The topological polar surface area (TPSA) is 17.4 Å². The van der Waals surface area contributed by atoms with E-state index >= 15 is 0 Å². The van der Waals surface area contributed by atoms with Crippen LogP contribution in [-0.2, 0) is 10.8 Å². The van der Waals surface area contributed by atoms with Crippen molar-refractivity contribution in [3.05, 3.63) is 252 Å². The Kier molecular flexibility index (Phi) is 7.38. The van der Waals surface area contributed by atoms with Crippen molar-refractivity contribution >= 4 is 49.6 Å². The van der Waals surface area contributed by atoms with E-state index in [0.717, 1.165) is 50.9 Å². The number of benzene rings is 10. The Labute approximate surface area is 378 Å². The molecule has 1 spiro atoms. The van der Waals surface area contributed by atoms with Gasteiger partial charge in [0.1, 0.15) is 11.5 Å². The van der Waals surface area contributed by atoms with Crippen LogP contribution in [0.5, 0.6) is 11.5 Å². The van der Waals surface area contributed by atoms with Crippen molar-refractivity contribution in [3.8, 4) is 39.4 Å². The van der Waals surface area contributed by atoms with Gasteiger partial charge in [0.05, 0.1) is 16.4 Å². The first-order valence-corrected chi connectivity index (χ1v) is 22.7. The third-order valence-corrected chi connectivity index (χ3v) is 14.8. The minimum absolute atomic E-state index is 0.112. The molecule has 14 rings (SSSR count). The minimum Gasteiger partial charge on any atom is -0.457 e. The fraction of sp³-hybridized carbons (Fsp3) is 0.0645. The number of rotatable bonds is 4. The van der Waals surface area contributed by atoms with Gasteiger partial charge in [-0.2, -0.15) is 0 Å². The van der Waals surface area contributed by atoms with Gasteiger partial charge in [-0.1, -0.05) is 172 Å². The van der Waals surface area contributed by atoms with Crippen molar-refractivity contribution in [2.75, 3.05) is 4.90 Å². The molecule has 65 heavy (non-hydrogen) atoms. The average molecular weight is 831 g/mol. The van der Waals surface area contributed by atoms with Crippen LogP contribution in [0.15, 0.2) is 218 Å². The van der Waals surface area contributed by atoms with E-state index < -0.39 is 5.41 Å². The molecule has 3 aliphatic rings. The largest absolute Gasteiger partial charge is 0.457 e. The standard InChI is InChI=1S/C62H42N2O/c1-61(2)50-24-9-6-20-44(50)46-33-30-41(36-55(46)61)64-56-28-12-8-22-47(56)48-34-31-42(37-57(48)64)63(40-18-4-3-5-19-40)43-32-35-53-59(38-43)65-58-29-13-11-26-52(58)62(53)51-25-10-7-21-45(51)49-23-14-16-39-17-15-27-54(62)60(39)49/h3-38H,1-2H3/t62-/m1/s1. The van der Waals surface area contributed by atoms with Gasteiger partial charge in [0.15, 0.2) is 0 Å². The quantitative estimate of drug-likeness (QED) is 0.176. The van der Waals surface area contributed by atoms with Crippen molar-refractivity contribution in [2.24, 2.45) is 0 Å². The van der Waals surface area contributed by atoms with Crippen LogP contribution in [-0.4, -0.2) is 4.57 Å². The summed E-state index contributed by atoms with van der Waals surface area (Å²) < 4.78 is 9.56. The van der Waals surface area contributed by atoms with Crippen LogP contribution in [0.3, 0.4) is 0 Å². The minimum atomic E-state index is -0.601. The van der Waals surface area contributed by atoms with Gasteiger partial charge >= 0.3 is 0 Å². The fourth-order valence-electron chi connectivity index (χ4n) is 12.1. The lowest BCUT2D eigenvalue weighted by Gasteiger charge is -2.45. The smallest absolute Gasteiger partial charge is 0.134 e. The maximum absolute atomic E-state index is 7.10. The molecule has 2 aliphatic carbocycles. The number of nitrogens with zero attached hydrogens (tertiary/aromatic N) is 2. The van der Waals surface area contributed by atoms with E-state index in [0.29, 0.717) is 0 Å². The Balaban J connectivity index is 0.989. The number of hydrogen-bond acceptors (Lipinski definition) is 2. The Bertz CT molecular complexity index is 3800. The Morgan fingerprint density at radius 2 is 1.00 bits per heavy atom. The summed E-state index contributed by atoms with van der Waals surface area (Å²) in [4.78, 5) is 2.38. The maximum Gasteiger partial charge on any atom is 0.134 e. The summed E-state index contributed by atoms with van der Waals surface area (Å²) in [5.41, 5.74) is 18.7. The first kappa shape index (κ1) is 36.4. The molecular formula is C62H42N2O. The zero-order valence-electron chi connectivity index (χ0n) is 36.1. The predicted molar refractivity (Wildman–Crippen MR) is 268 cm³/mol. The molecule has 1 aliphatic heterocycles. The summed E-state index contributed by atoms with van der Waals surface area (Å²) in [5.74, 6) is 1.73. The molecule has 10 aromatic carbocycles. The van der Waals surface area contributed by atoms with Gasteiger partial charge in [-0.15, -0.1) is 0 Å². The molecule has 2 heterocycles. The number of hydrogen-bond donors (Lipinski definition) is 0. The third-order valence-electron chi connectivity index (χ3n) is 14.8. The number of aromatic nitrogens is 1. The molecule has 0 bridgehead atoms. The van der Waals surface area contributed by atoms with Crippen LogP contribution in [0.4, 0.5) is 17.1 Å². The molecule has 306 valence electrons. The number of ether oxygens (including phenoxy) is 1. The second kappa shape index (κ2) is 13.2. The molecule has 0 amide bonds. The zero-order valence-corrected chi connectivity index (χ0v) is 36.1. The van der Waals surface area contributed by atoms with E-state index in [2.05, 4.69) is 242 Å². The molecule has 0 N–H and O–H groups in total. The summed E-state index contributed by atoms with van der Waals surface area (Å²) in [5, 5.41) is 5.00. The van der Waals surface area contributed by atoms with Crippen molar-refractivity contribution in [1.29, 1.82) is 0 Å². The second-order valence-corrected chi connectivity index (χ2v) is 18.4. The highest BCUT2D eigenvalue weighted by molar-refractivity contribution is 6.11. The van der Waals surface area contributed by atoms with Gasteiger partial charge in [0.2, 0.25) is 0 Å². The lowest BCUT2D eigenvalue weighted by molar-refractivity contribution is 0.435. The Morgan fingerprint density at radius 1 is 0.385 bits per heavy atom. The SMILES string of the molecule is CC1(C)c2ccccc2-c2ccc(-n3c4ccccc4c4ccc(N(c5ccccc5)c5ccc6c(c5)Oc5ccccc5[C@]65c6ccccc6-c6cccc7cccc5c67)cc43)cc21. The van der Waals surface area contributed by atoms with E-state index in [1.54, 1.807) is 0 Å².